The highest BCUT2D eigenvalue weighted by Crippen LogP contribution is 2.42. The predicted octanol–water partition coefficient (Wildman–Crippen LogP) is 3.93. The van der Waals surface area contributed by atoms with Crippen molar-refractivity contribution in [2.24, 2.45) is 0 Å². The summed E-state index contributed by atoms with van der Waals surface area (Å²) in [6.07, 6.45) is 0. The lowest BCUT2D eigenvalue weighted by molar-refractivity contribution is 0.480. The molecule has 2 N–H and O–H groups in total. The highest BCUT2D eigenvalue weighted by Gasteiger charge is 2.31. The Kier molecular flexibility index (Phi) is 4.82. The first-order chi connectivity index (χ1) is 11.5. The van der Waals surface area contributed by atoms with Crippen LogP contribution in [0.5, 0.6) is 0 Å². The fraction of sp³-hybridized carbons (Fsp3) is 0.444. The van der Waals surface area contributed by atoms with Gasteiger partial charge in [0, 0.05) is 10.8 Å². The van der Waals surface area contributed by atoms with Gasteiger partial charge in [-0.2, -0.15) is 16.8 Å². The Labute approximate surface area is 154 Å². The second kappa shape index (κ2) is 6.02. The van der Waals surface area contributed by atoms with Gasteiger partial charge in [-0.15, -0.1) is 0 Å². The van der Waals surface area contributed by atoms with Crippen molar-refractivity contribution in [3.63, 3.8) is 0 Å². The van der Waals surface area contributed by atoms with E-state index >= 15 is 0 Å². The molecule has 0 spiro atoms. The van der Waals surface area contributed by atoms with Gasteiger partial charge >= 0.3 is 0 Å². The maximum absolute atomic E-state index is 12.0. The predicted molar refractivity (Wildman–Crippen MR) is 101 cm³/mol. The Morgan fingerprint density at radius 2 is 0.885 bits per heavy atom. The Hall–Kier alpha value is -1.48. The van der Waals surface area contributed by atoms with Crippen LogP contribution in [0.25, 0.3) is 10.8 Å². The van der Waals surface area contributed by atoms with Gasteiger partial charge in [-0.3, -0.25) is 9.11 Å². The summed E-state index contributed by atoms with van der Waals surface area (Å²) >= 11 is 0. The van der Waals surface area contributed by atoms with E-state index in [0.29, 0.717) is 11.1 Å². The van der Waals surface area contributed by atoms with E-state index in [1.807, 2.05) is 41.5 Å². The Bertz CT molecular complexity index is 994. The average molecular weight is 401 g/mol. The fourth-order valence-corrected chi connectivity index (χ4v) is 4.53. The van der Waals surface area contributed by atoms with E-state index in [-0.39, 0.29) is 20.6 Å². The van der Waals surface area contributed by atoms with Crippen LogP contribution in [0.2, 0.25) is 0 Å². The molecule has 2 rings (SSSR count). The topological polar surface area (TPSA) is 109 Å². The van der Waals surface area contributed by atoms with Crippen molar-refractivity contribution >= 4 is 31.0 Å². The zero-order chi connectivity index (χ0) is 20.3. The molecule has 0 aliphatic heterocycles. The summed E-state index contributed by atoms with van der Waals surface area (Å²) in [7, 11) is -9.23. The molecule has 0 aliphatic rings. The van der Waals surface area contributed by atoms with Gasteiger partial charge in [0.25, 0.3) is 20.2 Å². The summed E-state index contributed by atoms with van der Waals surface area (Å²) in [5.41, 5.74) is 0.0370. The summed E-state index contributed by atoms with van der Waals surface area (Å²) in [4.78, 5) is -0.758. The van der Waals surface area contributed by atoms with Crippen molar-refractivity contribution < 1.29 is 25.9 Å². The Balaban J connectivity index is 3.34. The average Bonchev–Trinajstić information content (AvgIpc) is 2.40. The van der Waals surface area contributed by atoms with Gasteiger partial charge in [0.2, 0.25) is 0 Å². The lowest BCUT2D eigenvalue weighted by Crippen LogP contribution is -2.18. The van der Waals surface area contributed by atoms with E-state index in [2.05, 4.69) is 0 Å². The molecule has 0 atom stereocenters. The molecular weight excluding hydrogens is 376 g/mol. The number of hydrogen-bond acceptors (Lipinski definition) is 4. The summed E-state index contributed by atoms with van der Waals surface area (Å²) in [5, 5.41) is 0.227. The van der Waals surface area contributed by atoms with Crippen LogP contribution in [0, 0.1) is 0 Å². The quantitative estimate of drug-likeness (QED) is 0.739. The summed E-state index contributed by atoms with van der Waals surface area (Å²) < 4.78 is 67.4. The van der Waals surface area contributed by atoms with E-state index in [0.717, 1.165) is 0 Å². The van der Waals surface area contributed by atoms with Crippen molar-refractivity contribution in [3.8, 4) is 0 Å². The molecule has 0 amide bonds. The minimum Gasteiger partial charge on any atom is -0.282 e. The van der Waals surface area contributed by atoms with Crippen molar-refractivity contribution in [2.45, 2.75) is 62.2 Å². The van der Waals surface area contributed by atoms with Crippen LogP contribution in [-0.4, -0.2) is 25.9 Å². The lowest BCUT2D eigenvalue weighted by atomic mass is 9.79. The summed E-state index contributed by atoms with van der Waals surface area (Å²) in [5.74, 6) is 0. The van der Waals surface area contributed by atoms with Crippen molar-refractivity contribution in [2.75, 3.05) is 0 Å². The second-order valence-corrected chi connectivity index (χ2v) is 11.2. The molecule has 2 aromatic rings. The molecule has 0 aromatic heterocycles. The molecule has 0 radical (unpaired) electrons. The Morgan fingerprint density at radius 1 is 0.615 bits per heavy atom. The molecular formula is C18H24O6S2. The second-order valence-electron chi connectivity index (χ2n) is 8.42. The van der Waals surface area contributed by atoms with Gasteiger partial charge in [-0.25, -0.2) is 0 Å². The van der Waals surface area contributed by atoms with Gasteiger partial charge < -0.3 is 0 Å². The van der Waals surface area contributed by atoms with Crippen molar-refractivity contribution in [1.82, 2.24) is 0 Å². The minimum absolute atomic E-state index is 0.113. The molecule has 0 heterocycles. The first-order valence-corrected chi connectivity index (χ1v) is 10.9. The molecule has 8 heteroatoms. The molecule has 0 fully saturated rings. The van der Waals surface area contributed by atoms with E-state index in [1.165, 1.54) is 24.3 Å². The number of benzene rings is 2. The molecule has 6 nitrogen and oxygen atoms in total. The standard InChI is InChI=1S/C18H24O6S2/c1-17(2,3)11-7-9-14(26(22,23)24)16-12(18(4,5)6)8-10-13(15(11)16)25(19,20)21/h7-10H,1-6H3,(H,19,20,21)(H,22,23,24). The van der Waals surface area contributed by atoms with Crippen LogP contribution in [0.3, 0.4) is 0 Å². The smallest absolute Gasteiger partial charge is 0.282 e. The monoisotopic (exact) mass is 400 g/mol. The SMILES string of the molecule is CC(C)(C)c1ccc(S(=O)(=O)O)c2c(C(C)(C)C)ccc(S(=O)(=O)O)c12. The third-order valence-electron chi connectivity index (χ3n) is 4.26. The van der Waals surface area contributed by atoms with Crippen molar-refractivity contribution in [1.29, 1.82) is 0 Å². The highest BCUT2D eigenvalue weighted by molar-refractivity contribution is 7.86. The maximum atomic E-state index is 12.0. The van der Waals surface area contributed by atoms with E-state index < -0.39 is 31.1 Å². The van der Waals surface area contributed by atoms with Crippen LogP contribution in [-0.2, 0) is 31.1 Å². The minimum atomic E-state index is -4.61. The highest BCUT2D eigenvalue weighted by atomic mass is 32.2. The van der Waals surface area contributed by atoms with Crippen LogP contribution in [0.4, 0.5) is 0 Å². The van der Waals surface area contributed by atoms with Gasteiger partial charge in [-0.1, -0.05) is 53.7 Å². The third kappa shape index (κ3) is 3.78. The zero-order valence-electron chi connectivity index (χ0n) is 15.7. The summed E-state index contributed by atoms with van der Waals surface area (Å²) in [6.45, 7) is 11.1. The van der Waals surface area contributed by atoms with Gasteiger partial charge in [0.1, 0.15) is 9.79 Å². The van der Waals surface area contributed by atoms with Crippen molar-refractivity contribution in [3.05, 3.63) is 35.4 Å². The van der Waals surface area contributed by atoms with Crippen LogP contribution in [0.15, 0.2) is 34.1 Å². The Morgan fingerprint density at radius 3 is 1.08 bits per heavy atom. The molecule has 26 heavy (non-hydrogen) atoms. The van der Waals surface area contributed by atoms with Gasteiger partial charge in [0.05, 0.1) is 0 Å². The largest absolute Gasteiger partial charge is 0.295 e. The van der Waals surface area contributed by atoms with Crippen LogP contribution in [0.1, 0.15) is 52.7 Å². The molecule has 0 bridgehead atoms. The molecule has 0 saturated heterocycles. The number of rotatable bonds is 2. The molecule has 144 valence electrons. The molecule has 2 aromatic carbocycles. The van der Waals surface area contributed by atoms with Crippen LogP contribution < -0.4 is 0 Å². The fourth-order valence-electron chi connectivity index (χ4n) is 3.11. The van der Waals surface area contributed by atoms with Gasteiger partial charge in [-0.05, 0) is 34.1 Å². The first kappa shape index (κ1) is 20.8. The van der Waals surface area contributed by atoms with E-state index in [4.69, 9.17) is 0 Å². The van der Waals surface area contributed by atoms with Gasteiger partial charge in [0.15, 0.2) is 0 Å². The van der Waals surface area contributed by atoms with E-state index in [9.17, 15) is 25.9 Å². The number of hydrogen-bond donors (Lipinski definition) is 2. The van der Waals surface area contributed by atoms with E-state index in [1.54, 1.807) is 0 Å². The molecule has 0 aliphatic carbocycles. The third-order valence-corrected chi connectivity index (χ3v) is 6.05. The lowest BCUT2D eigenvalue weighted by Gasteiger charge is -2.28. The van der Waals surface area contributed by atoms with Crippen LogP contribution >= 0.6 is 0 Å². The molecule has 0 unspecified atom stereocenters. The first-order valence-electron chi connectivity index (χ1n) is 8.01. The summed E-state index contributed by atoms with van der Waals surface area (Å²) in [6, 6.07) is 5.52. The maximum Gasteiger partial charge on any atom is 0.295 e. The normalized spacial score (nSPS) is 14.0. The molecule has 0 saturated carbocycles. The zero-order valence-corrected chi connectivity index (χ0v) is 17.3. The number of fused-ring (bicyclic) bond motifs is 1.